The summed E-state index contributed by atoms with van der Waals surface area (Å²) < 4.78 is 0. The molecule has 1 amide bonds. The second-order valence-electron chi connectivity index (χ2n) is 5.86. The third kappa shape index (κ3) is 2.57. The molecular weight excluding hydrogens is 200 g/mol. The third-order valence-corrected chi connectivity index (χ3v) is 4.26. The van der Waals surface area contributed by atoms with Crippen molar-refractivity contribution < 1.29 is 4.79 Å². The summed E-state index contributed by atoms with van der Waals surface area (Å²) in [5, 5.41) is 3.05. The summed E-state index contributed by atoms with van der Waals surface area (Å²) in [5.41, 5.74) is 5.64. The van der Waals surface area contributed by atoms with Crippen molar-refractivity contribution in [1.82, 2.24) is 5.32 Å². The van der Waals surface area contributed by atoms with E-state index in [-0.39, 0.29) is 5.91 Å². The van der Waals surface area contributed by atoms with Crippen molar-refractivity contribution in [1.29, 1.82) is 0 Å². The predicted octanol–water partition coefficient (Wildman–Crippen LogP) is 1.81. The van der Waals surface area contributed by atoms with Crippen molar-refractivity contribution in [3.63, 3.8) is 0 Å². The van der Waals surface area contributed by atoms with Crippen LogP contribution in [0.1, 0.15) is 51.9 Å². The fraction of sp³-hybridized carbons (Fsp3) is 0.923. The van der Waals surface area contributed by atoms with Gasteiger partial charge in [-0.15, -0.1) is 0 Å². The first-order chi connectivity index (χ1) is 7.60. The van der Waals surface area contributed by atoms with Gasteiger partial charge in [0.25, 0.3) is 0 Å². The van der Waals surface area contributed by atoms with E-state index in [2.05, 4.69) is 12.2 Å². The molecule has 16 heavy (non-hydrogen) atoms. The van der Waals surface area contributed by atoms with Gasteiger partial charge in [-0.25, -0.2) is 0 Å². The van der Waals surface area contributed by atoms with Gasteiger partial charge in [0.1, 0.15) is 0 Å². The molecule has 0 aromatic carbocycles. The van der Waals surface area contributed by atoms with Crippen molar-refractivity contribution in [3.05, 3.63) is 0 Å². The molecule has 0 aromatic heterocycles. The molecule has 2 atom stereocenters. The number of amides is 1. The summed E-state index contributed by atoms with van der Waals surface area (Å²) in [6.07, 6.45) is 7.88. The Bertz CT molecular complexity index is 263. The number of hydrogen-bond donors (Lipinski definition) is 2. The molecule has 2 unspecified atom stereocenters. The molecule has 0 bridgehead atoms. The van der Waals surface area contributed by atoms with Gasteiger partial charge in [0.05, 0.1) is 5.54 Å². The van der Waals surface area contributed by atoms with E-state index in [0.29, 0.717) is 11.8 Å². The van der Waals surface area contributed by atoms with E-state index in [0.717, 1.165) is 25.8 Å². The van der Waals surface area contributed by atoms with Gasteiger partial charge in [0.15, 0.2) is 0 Å². The van der Waals surface area contributed by atoms with E-state index in [1.807, 2.05) is 0 Å². The Balaban J connectivity index is 1.81. The molecule has 3 nitrogen and oxygen atoms in total. The molecule has 2 aliphatic rings. The molecule has 3 N–H and O–H groups in total. The average molecular weight is 224 g/mol. The highest BCUT2D eigenvalue weighted by Gasteiger charge is 2.38. The molecule has 0 aliphatic heterocycles. The number of carbonyl (C=O) groups is 1. The molecule has 2 rings (SSSR count). The van der Waals surface area contributed by atoms with Gasteiger partial charge >= 0.3 is 0 Å². The van der Waals surface area contributed by atoms with Gasteiger partial charge in [0.2, 0.25) is 5.91 Å². The smallest absolute Gasteiger partial charge is 0.240 e. The maximum absolute atomic E-state index is 12.1. The van der Waals surface area contributed by atoms with Crippen LogP contribution in [0.3, 0.4) is 0 Å². The first-order valence-electron chi connectivity index (χ1n) is 6.67. The Kier molecular flexibility index (Phi) is 3.53. The summed E-state index contributed by atoms with van der Waals surface area (Å²) >= 11 is 0. The van der Waals surface area contributed by atoms with E-state index in [1.165, 1.54) is 25.7 Å². The second kappa shape index (κ2) is 4.74. The van der Waals surface area contributed by atoms with Crippen molar-refractivity contribution in [3.8, 4) is 0 Å². The minimum atomic E-state index is -0.582. The molecule has 2 fully saturated rings. The molecule has 2 aliphatic carbocycles. The standard InChI is InChI=1S/C13H24N2O/c1-10-4-3-7-13(14,8-10)12(16)15-9-11-5-2-6-11/h10-11H,2-9,14H2,1H3,(H,15,16). The maximum Gasteiger partial charge on any atom is 0.240 e. The number of hydrogen-bond acceptors (Lipinski definition) is 2. The number of nitrogens with two attached hydrogens (primary N) is 1. The van der Waals surface area contributed by atoms with Gasteiger partial charge < -0.3 is 11.1 Å². The van der Waals surface area contributed by atoms with E-state index in [1.54, 1.807) is 0 Å². The minimum absolute atomic E-state index is 0.0888. The van der Waals surface area contributed by atoms with Crippen LogP contribution in [0.2, 0.25) is 0 Å². The lowest BCUT2D eigenvalue weighted by molar-refractivity contribution is -0.128. The first-order valence-corrected chi connectivity index (χ1v) is 6.67. The zero-order valence-corrected chi connectivity index (χ0v) is 10.3. The normalized spacial score (nSPS) is 35.5. The molecule has 0 saturated heterocycles. The van der Waals surface area contributed by atoms with Crippen LogP contribution in [-0.4, -0.2) is 18.0 Å². The predicted molar refractivity (Wildman–Crippen MR) is 64.9 cm³/mol. The van der Waals surface area contributed by atoms with E-state index >= 15 is 0 Å². The third-order valence-electron chi connectivity index (χ3n) is 4.26. The van der Waals surface area contributed by atoms with Crippen LogP contribution in [0.5, 0.6) is 0 Å². The summed E-state index contributed by atoms with van der Waals surface area (Å²) in [6, 6.07) is 0. The maximum atomic E-state index is 12.1. The van der Waals surface area contributed by atoms with Gasteiger partial charge in [-0.1, -0.05) is 26.2 Å². The lowest BCUT2D eigenvalue weighted by atomic mass is 9.76. The Morgan fingerprint density at radius 3 is 2.69 bits per heavy atom. The number of rotatable bonds is 3. The van der Waals surface area contributed by atoms with E-state index < -0.39 is 5.54 Å². The highest BCUT2D eigenvalue weighted by atomic mass is 16.2. The van der Waals surface area contributed by atoms with Crippen LogP contribution in [0, 0.1) is 11.8 Å². The SMILES string of the molecule is CC1CCCC(N)(C(=O)NCC2CCC2)C1. The molecule has 2 saturated carbocycles. The molecule has 0 heterocycles. The molecule has 0 aromatic rings. The monoisotopic (exact) mass is 224 g/mol. The van der Waals surface area contributed by atoms with Crippen LogP contribution in [0.4, 0.5) is 0 Å². The average Bonchev–Trinajstić information content (AvgIpc) is 2.14. The van der Waals surface area contributed by atoms with Gasteiger partial charge in [-0.05, 0) is 37.5 Å². The molecule has 0 radical (unpaired) electrons. The highest BCUT2D eigenvalue weighted by Crippen LogP contribution is 2.31. The van der Waals surface area contributed by atoms with Crippen molar-refractivity contribution in [2.75, 3.05) is 6.54 Å². The first kappa shape index (κ1) is 11.9. The minimum Gasteiger partial charge on any atom is -0.354 e. The fourth-order valence-electron chi connectivity index (χ4n) is 2.91. The summed E-state index contributed by atoms with van der Waals surface area (Å²) in [4.78, 5) is 12.1. The van der Waals surface area contributed by atoms with Crippen molar-refractivity contribution in [2.45, 2.75) is 57.4 Å². The Labute approximate surface area is 98.2 Å². The topological polar surface area (TPSA) is 55.1 Å². The summed E-state index contributed by atoms with van der Waals surface area (Å²) in [6.45, 7) is 3.03. The zero-order valence-electron chi connectivity index (χ0n) is 10.3. The molecule has 92 valence electrons. The zero-order chi connectivity index (χ0) is 11.6. The van der Waals surface area contributed by atoms with Gasteiger partial charge in [-0.2, -0.15) is 0 Å². The Morgan fingerprint density at radius 1 is 1.38 bits per heavy atom. The lowest BCUT2D eigenvalue weighted by Crippen LogP contribution is -2.57. The molecule has 3 heteroatoms. The van der Waals surface area contributed by atoms with E-state index in [4.69, 9.17) is 5.73 Å². The second-order valence-corrected chi connectivity index (χ2v) is 5.86. The van der Waals surface area contributed by atoms with Crippen LogP contribution < -0.4 is 11.1 Å². The van der Waals surface area contributed by atoms with Gasteiger partial charge in [-0.3, -0.25) is 4.79 Å². The van der Waals surface area contributed by atoms with Crippen LogP contribution in [0.15, 0.2) is 0 Å². The highest BCUT2D eigenvalue weighted by molar-refractivity contribution is 5.86. The van der Waals surface area contributed by atoms with E-state index in [9.17, 15) is 4.79 Å². The van der Waals surface area contributed by atoms with Crippen LogP contribution in [0.25, 0.3) is 0 Å². The van der Waals surface area contributed by atoms with Crippen LogP contribution >= 0.6 is 0 Å². The largest absolute Gasteiger partial charge is 0.354 e. The summed E-state index contributed by atoms with van der Waals surface area (Å²) in [5.74, 6) is 1.40. The van der Waals surface area contributed by atoms with Gasteiger partial charge in [0, 0.05) is 6.54 Å². The van der Waals surface area contributed by atoms with Crippen molar-refractivity contribution >= 4 is 5.91 Å². The molecular formula is C13H24N2O. The molecule has 0 spiro atoms. The lowest BCUT2D eigenvalue weighted by Gasteiger charge is -2.36. The summed E-state index contributed by atoms with van der Waals surface area (Å²) in [7, 11) is 0. The number of nitrogens with one attached hydrogen (secondary N) is 1. The quantitative estimate of drug-likeness (QED) is 0.768. The van der Waals surface area contributed by atoms with Crippen LogP contribution in [-0.2, 0) is 4.79 Å². The Morgan fingerprint density at radius 2 is 2.12 bits per heavy atom. The Hall–Kier alpha value is -0.570. The van der Waals surface area contributed by atoms with Crippen molar-refractivity contribution in [2.24, 2.45) is 17.6 Å². The number of carbonyl (C=O) groups excluding carboxylic acids is 1. The fourth-order valence-corrected chi connectivity index (χ4v) is 2.91.